The van der Waals surface area contributed by atoms with Crippen LogP contribution in [-0.2, 0) is 14.2 Å². The van der Waals surface area contributed by atoms with E-state index in [1.165, 1.54) is 6.42 Å². The van der Waals surface area contributed by atoms with Crippen LogP contribution in [0.15, 0.2) is 0 Å². The van der Waals surface area contributed by atoms with Crippen LogP contribution in [0.5, 0.6) is 0 Å². The number of likely N-dealkylation sites (N-methyl/N-ethyl adjacent to an activating group) is 2. The Balaban J connectivity index is 1.95. The molecule has 2 aliphatic rings. The Morgan fingerprint density at radius 3 is 1.23 bits per heavy atom. The summed E-state index contributed by atoms with van der Waals surface area (Å²) in [7, 11) is 4.46. The average Bonchev–Trinajstić information content (AvgIpc) is 2.63. The number of fused-ring (bicyclic) bond motifs is 6. The first-order chi connectivity index (χ1) is 12.7. The Bertz CT molecular complexity index is 319. The molecule has 0 aliphatic carbocycles. The topological polar surface area (TPSA) is 40.7 Å². The summed E-state index contributed by atoms with van der Waals surface area (Å²) in [5, 5.41) is 0. The third kappa shape index (κ3) is 10.2. The SMILES string of the molecule is CN1CCCN(C)CCN2CCOCCOCCN(CCOCC2)CC1. The van der Waals surface area contributed by atoms with E-state index in [1.807, 2.05) is 0 Å². The molecular weight excluding hydrogens is 332 g/mol. The minimum Gasteiger partial charge on any atom is -0.379 e. The molecule has 0 aromatic rings. The molecule has 0 aromatic carbocycles. The van der Waals surface area contributed by atoms with Gasteiger partial charge < -0.3 is 24.0 Å². The zero-order chi connectivity index (χ0) is 18.5. The molecule has 0 amide bonds. The largest absolute Gasteiger partial charge is 0.379 e. The number of hydrogen-bond donors (Lipinski definition) is 0. The standard InChI is InChI=1S/C19H40N4O3/c1-20-4-3-5-21(2)7-9-23-11-15-24-14-10-22(8-6-20)12-16-25-18-19-26-17-13-23/h3-19H2,1-2H3. The van der Waals surface area contributed by atoms with E-state index in [2.05, 4.69) is 33.7 Å². The minimum atomic E-state index is 0.687. The van der Waals surface area contributed by atoms with Crippen molar-refractivity contribution in [1.29, 1.82) is 0 Å². The fourth-order valence-electron chi connectivity index (χ4n) is 3.33. The predicted molar refractivity (Wildman–Crippen MR) is 105 cm³/mol. The summed E-state index contributed by atoms with van der Waals surface area (Å²) in [6, 6.07) is 0. The first-order valence-electron chi connectivity index (χ1n) is 10.3. The summed E-state index contributed by atoms with van der Waals surface area (Å²) in [5.41, 5.74) is 0. The highest BCUT2D eigenvalue weighted by molar-refractivity contribution is 4.65. The fraction of sp³-hybridized carbons (Fsp3) is 1.00. The molecule has 7 heteroatoms. The van der Waals surface area contributed by atoms with E-state index in [9.17, 15) is 0 Å². The van der Waals surface area contributed by atoms with Crippen molar-refractivity contribution in [2.75, 3.05) is 119 Å². The smallest absolute Gasteiger partial charge is 0.0701 e. The maximum atomic E-state index is 5.93. The van der Waals surface area contributed by atoms with Crippen molar-refractivity contribution >= 4 is 0 Å². The van der Waals surface area contributed by atoms with E-state index in [4.69, 9.17) is 14.2 Å². The molecule has 2 atom stereocenters. The maximum absolute atomic E-state index is 5.93. The van der Waals surface area contributed by atoms with E-state index < -0.39 is 0 Å². The highest BCUT2D eigenvalue weighted by atomic mass is 16.5. The van der Waals surface area contributed by atoms with Gasteiger partial charge in [-0.3, -0.25) is 9.80 Å². The number of rotatable bonds is 0. The first-order valence-corrected chi connectivity index (χ1v) is 10.3. The van der Waals surface area contributed by atoms with Gasteiger partial charge in [-0.1, -0.05) is 0 Å². The van der Waals surface area contributed by atoms with Crippen LogP contribution in [0.25, 0.3) is 0 Å². The van der Waals surface area contributed by atoms with Gasteiger partial charge in [-0.05, 0) is 33.6 Å². The summed E-state index contributed by atoms with van der Waals surface area (Å²) in [4.78, 5) is 9.82. The molecule has 0 spiro atoms. The van der Waals surface area contributed by atoms with Crippen molar-refractivity contribution in [2.45, 2.75) is 6.42 Å². The van der Waals surface area contributed by atoms with Gasteiger partial charge in [-0.25, -0.2) is 0 Å². The summed E-state index contributed by atoms with van der Waals surface area (Å²) in [6.45, 7) is 15.1. The Hall–Kier alpha value is -0.280. The van der Waals surface area contributed by atoms with Gasteiger partial charge in [0.2, 0.25) is 0 Å². The van der Waals surface area contributed by atoms with Crippen LogP contribution in [0.2, 0.25) is 0 Å². The van der Waals surface area contributed by atoms with E-state index in [1.54, 1.807) is 0 Å². The molecule has 2 fully saturated rings. The summed E-state index contributed by atoms with van der Waals surface area (Å²) < 4.78 is 17.4. The van der Waals surface area contributed by atoms with Crippen LogP contribution in [0.4, 0.5) is 0 Å². The third-order valence-corrected chi connectivity index (χ3v) is 5.25. The van der Waals surface area contributed by atoms with E-state index in [-0.39, 0.29) is 0 Å². The number of ether oxygens (including phenoxy) is 3. The second-order valence-electron chi connectivity index (χ2n) is 7.48. The zero-order valence-corrected chi connectivity index (χ0v) is 17.0. The average molecular weight is 373 g/mol. The lowest BCUT2D eigenvalue weighted by atomic mass is 10.3. The van der Waals surface area contributed by atoms with Crippen molar-refractivity contribution in [2.24, 2.45) is 0 Å². The zero-order valence-electron chi connectivity index (χ0n) is 17.0. The molecular formula is C19H40N4O3. The molecule has 2 rings (SSSR count). The summed E-state index contributed by atoms with van der Waals surface area (Å²) >= 11 is 0. The van der Waals surface area contributed by atoms with Crippen molar-refractivity contribution in [3.63, 3.8) is 0 Å². The van der Waals surface area contributed by atoms with Gasteiger partial charge in [0.25, 0.3) is 0 Å². The Kier molecular flexibility index (Phi) is 11.7. The van der Waals surface area contributed by atoms with Crippen molar-refractivity contribution in [3.8, 4) is 0 Å². The second kappa shape index (κ2) is 13.8. The molecule has 26 heavy (non-hydrogen) atoms. The molecule has 7 nitrogen and oxygen atoms in total. The lowest BCUT2D eigenvalue weighted by Crippen LogP contribution is -2.40. The van der Waals surface area contributed by atoms with Crippen molar-refractivity contribution < 1.29 is 14.2 Å². The normalized spacial score (nSPS) is 31.2. The molecule has 2 aliphatic heterocycles. The summed E-state index contributed by atoms with van der Waals surface area (Å²) in [5.74, 6) is 0. The second-order valence-corrected chi connectivity index (χ2v) is 7.48. The highest BCUT2D eigenvalue weighted by Gasteiger charge is 2.11. The lowest BCUT2D eigenvalue weighted by molar-refractivity contribution is 0.0315. The molecule has 0 N–H and O–H groups in total. The minimum absolute atomic E-state index is 0.687. The van der Waals surface area contributed by atoms with Crippen LogP contribution >= 0.6 is 0 Å². The number of nitrogens with zero attached hydrogens (tertiary/aromatic N) is 4. The van der Waals surface area contributed by atoms with E-state index in [0.29, 0.717) is 13.2 Å². The lowest BCUT2D eigenvalue weighted by Gasteiger charge is -2.28. The molecule has 2 heterocycles. The van der Waals surface area contributed by atoms with Gasteiger partial charge in [0.1, 0.15) is 0 Å². The molecule has 154 valence electrons. The van der Waals surface area contributed by atoms with Crippen molar-refractivity contribution in [3.05, 3.63) is 0 Å². The first kappa shape index (κ1) is 22.0. The van der Waals surface area contributed by atoms with Crippen molar-refractivity contribution in [1.82, 2.24) is 19.6 Å². The quantitative estimate of drug-likeness (QED) is 0.551. The third-order valence-electron chi connectivity index (χ3n) is 5.25. The molecule has 0 aromatic heterocycles. The van der Waals surface area contributed by atoms with E-state index >= 15 is 0 Å². The van der Waals surface area contributed by atoms with Gasteiger partial charge >= 0.3 is 0 Å². The van der Waals surface area contributed by atoms with E-state index in [0.717, 1.165) is 91.9 Å². The van der Waals surface area contributed by atoms with Crippen LogP contribution in [0.3, 0.4) is 0 Å². The van der Waals surface area contributed by atoms with Gasteiger partial charge in [0, 0.05) is 52.4 Å². The fourth-order valence-corrected chi connectivity index (χ4v) is 3.33. The Morgan fingerprint density at radius 2 is 0.808 bits per heavy atom. The predicted octanol–water partition coefficient (Wildman–Crippen LogP) is -0.0789. The monoisotopic (exact) mass is 372 g/mol. The Morgan fingerprint density at radius 1 is 0.423 bits per heavy atom. The summed E-state index contributed by atoms with van der Waals surface area (Å²) in [6.07, 6.45) is 1.22. The van der Waals surface area contributed by atoms with Crippen LogP contribution < -0.4 is 0 Å². The van der Waals surface area contributed by atoms with Crippen LogP contribution in [0.1, 0.15) is 6.42 Å². The molecule has 2 bridgehead atoms. The van der Waals surface area contributed by atoms with Gasteiger partial charge in [0.15, 0.2) is 0 Å². The van der Waals surface area contributed by atoms with Gasteiger partial charge in [0.05, 0.1) is 39.6 Å². The highest BCUT2D eigenvalue weighted by Crippen LogP contribution is 1.99. The number of hydrogen-bond acceptors (Lipinski definition) is 7. The molecule has 0 radical (unpaired) electrons. The van der Waals surface area contributed by atoms with Gasteiger partial charge in [-0.2, -0.15) is 0 Å². The van der Waals surface area contributed by atoms with Crippen LogP contribution in [-0.4, -0.2) is 139 Å². The maximum Gasteiger partial charge on any atom is 0.0701 e. The molecule has 0 saturated carbocycles. The Labute approximate surface area is 160 Å². The molecule has 2 unspecified atom stereocenters. The van der Waals surface area contributed by atoms with Gasteiger partial charge in [-0.15, -0.1) is 0 Å². The molecule has 2 saturated heterocycles. The van der Waals surface area contributed by atoms with Crippen LogP contribution in [0, 0.1) is 0 Å².